The molecular formula is C23H26N6O7S. The minimum absolute atomic E-state index is 0.0778. The Kier molecular flexibility index (Phi) is 7.39. The first-order valence-electron chi connectivity index (χ1n) is 11.9. The summed E-state index contributed by atoms with van der Waals surface area (Å²) in [4.78, 5) is 26.3. The fourth-order valence-electron chi connectivity index (χ4n) is 4.36. The topological polar surface area (TPSA) is 156 Å². The maximum absolute atomic E-state index is 12.2. The van der Waals surface area contributed by atoms with E-state index in [0.717, 1.165) is 0 Å². The number of anilines is 1. The van der Waals surface area contributed by atoms with Gasteiger partial charge in [0.25, 0.3) is 0 Å². The molecular weight excluding hydrogens is 504 g/mol. The molecule has 0 N–H and O–H groups in total. The second-order valence-corrected chi connectivity index (χ2v) is 10.0. The highest BCUT2D eigenvalue weighted by Crippen LogP contribution is 2.40. The van der Waals surface area contributed by atoms with Gasteiger partial charge in [-0.2, -0.15) is 14.2 Å². The fourth-order valence-corrected chi connectivity index (χ4v) is 4.98. The summed E-state index contributed by atoms with van der Waals surface area (Å²) >= 11 is -1.78. The number of nitrogens with zero attached hydrogens (tertiary/aromatic N) is 6. The molecule has 0 radical (unpaired) electrons. The summed E-state index contributed by atoms with van der Waals surface area (Å²) in [7, 11) is 0. The average molecular weight is 531 g/mol. The summed E-state index contributed by atoms with van der Waals surface area (Å²) in [6.07, 6.45) is 2.63. The van der Waals surface area contributed by atoms with Crippen LogP contribution in [-0.4, -0.2) is 55.5 Å². The van der Waals surface area contributed by atoms with E-state index in [4.69, 9.17) is 17.6 Å². The zero-order valence-electron chi connectivity index (χ0n) is 20.3. The minimum atomic E-state index is -1.78. The van der Waals surface area contributed by atoms with Gasteiger partial charge in [0, 0.05) is 36.4 Å². The van der Waals surface area contributed by atoms with Gasteiger partial charge in [-0.15, -0.1) is 0 Å². The molecule has 14 heteroatoms. The van der Waals surface area contributed by atoms with Crippen LogP contribution in [0.25, 0.3) is 0 Å². The summed E-state index contributed by atoms with van der Waals surface area (Å²) in [5.41, 5.74) is 0.391. The fraction of sp³-hybridized carbons (Fsp3) is 0.478. The first-order valence-corrected chi connectivity index (χ1v) is 12.9. The van der Waals surface area contributed by atoms with Crippen LogP contribution in [-0.2, 0) is 19.7 Å². The Bertz CT molecular complexity index is 1280. The van der Waals surface area contributed by atoms with Crippen LogP contribution >= 0.6 is 0 Å². The molecule has 13 nitrogen and oxygen atoms in total. The molecule has 0 aliphatic carbocycles. The molecule has 0 spiro atoms. The number of ether oxygens (including phenoxy) is 1. The van der Waals surface area contributed by atoms with Gasteiger partial charge in [0.15, 0.2) is 5.82 Å². The lowest BCUT2D eigenvalue weighted by atomic mass is 9.96. The van der Waals surface area contributed by atoms with Gasteiger partial charge in [-0.25, -0.2) is 4.98 Å². The second kappa shape index (κ2) is 10.9. The summed E-state index contributed by atoms with van der Waals surface area (Å²) < 4.78 is 33.0. The van der Waals surface area contributed by atoms with E-state index in [-0.39, 0.29) is 48.4 Å². The Balaban J connectivity index is 1.36. The molecule has 2 aliphatic heterocycles. The Morgan fingerprint density at radius 2 is 1.86 bits per heavy atom. The maximum Gasteiger partial charge on any atom is 0.373 e. The van der Waals surface area contributed by atoms with Crippen LogP contribution in [0.5, 0.6) is 11.6 Å². The predicted molar refractivity (Wildman–Crippen MR) is 131 cm³/mol. The quantitative estimate of drug-likeness (QED) is 0.322. The van der Waals surface area contributed by atoms with Crippen LogP contribution in [0.2, 0.25) is 0 Å². The first-order chi connectivity index (χ1) is 17.9. The zero-order valence-corrected chi connectivity index (χ0v) is 21.1. The van der Waals surface area contributed by atoms with Crippen molar-refractivity contribution in [2.45, 2.75) is 44.4 Å². The smallest absolute Gasteiger partial charge is 0.373 e. The van der Waals surface area contributed by atoms with E-state index in [2.05, 4.69) is 20.1 Å². The summed E-state index contributed by atoms with van der Waals surface area (Å²) in [5, 5.41) is 16.2. The molecule has 0 atom stereocenters. The van der Waals surface area contributed by atoms with Crippen LogP contribution in [0.1, 0.15) is 61.7 Å². The van der Waals surface area contributed by atoms with Gasteiger partial charge in [-0.3, -0.25) is 18.5 Å². The number of rotatable bonds is 7. The second-order valence-electron chi connectivity index (χ2n) is 9.12. The van der Waals surface area contributed by atoms with Crippen LogP contribution < -0.4 is 9.64 Å². The third-order valence-corrected chi connectivity index (χ3v) is 7.02. The lowest BCUT2D eigenvalue weighted by Crippen LogP contribution is -2.34. The normalized spacial score (nSPS) is 20.8. The van der Waals surface area contributed by atoms with Crippen molar-refractivity contribution in [2.24, 2.45) is 0 Å². The van der Waals surface area contributed by atoms with Gasteiger partial charge in [0.05, 0.1) is 18.1 Å². The molecule has 2 aliphatic rings. The number of piperidine rings is 1. The Morgan fingerprint density at radius 3 is 2.54 bits per heavy atom. The van der Waals surface area contributed by atoms with E-state index < -0.39 is 16.3 Å². The van der Waals surface area contributed by atoms with Crippen molar-refractivity contribution < 1.29 is 26.8 Å². The molecule has 0 unspecified atom stereocenters. The van der Waals surface area contributed by atoms with Crippen molar-refractivity contribution in [2.75, 3.05) is 31.2 Å². The zero-order chi connectivity index (χ0) is 25.9. The number of benzene rings is 1. The summed E-state index contributed by atoms with van der Waals surface area (Å²) in [6, 6.07) is 7.06. The van der Waals surface area contributed by atoms with Crippen molar-refractivity contribution in [3.63, 3.8) is 0 Å². The first kappa shape index (κ1) is 25.2. The Labute approximate surface area is 215 Å². The van der Waals surface area contributed by atoms with Crippen molar-refractivity contribution in [1.82, 2.24) is 20.1 Å². The van der Waals surface area contributed by atoms with Crippen LogP contribution in [0, 0.1) is 10.1 Å². The predicted octanol–water partition coefficient (Wildman–Crippen LogP) is 3.78. The van der Waals surface area contributed by atoms with Crippen molar-refractivity contribution in [1.29, 1.82) is 0 Å². The molecule has 2 aromatic heterocycles. The summed E-state index contributed by atoms with van der Waals surface area (Å²) in [6.45, 7) is 5.37. The standard InChI is InChI=1S/C23H26N6O7S/c1-14(2)20-26-22(36-27-20)15-7-9-28(10-8-15)21-19(29(30)31)23(25-13-24-21)35-18-6-4-3-5-17(18)16-11-33-37(32)34-12-16/h3-6,13-16H,7-12H2,1-2H3. The molecule has 0 saturated carbocycles. The van der Waals surface area contributed by atoms with Gasteiger partial charge < -0.3 is 14.2 Å². The van der Waals surface area contributed by atoms with Crippen LogP contribution in [0.4, 0.5) is 11.5 Å². The molecule has 0 amide bonds. The third kappa shape index (κ3) is 5.45. The highest BCUT2D eigenvalue weighted by atomic mass is 32.2. The van der Waals surface area contributed by atoms with E-state index in [0.29, 0.717) is 49.0 Å². The molecule has 196 valence electrons. The maximum atomic E-state index is 12.2. The number of para-hydroxylation sites is 1. The molecule has 2 saturated heterocycles. The van der Waals surface area contributed by atoms with Gasteiger partial charge in [-0.05, 0) is 18.9 Å². The van der Waals surface area contributed by atoms with Crippen LogP contribution in [0.15, 0.2) is 35.1 Å². The lowest BCUT2D eigenvalue weighted by Gasteiger charge is -2.30. The highest BCUT2D eigenvalue weighted by Gasteiger charge is 2.33. The summed E-state index contributed by atoms with van der Waals surface area (Å²) in [5.74, 6) is 1.67. The van der Waals surface area contributed by atoms with Gasteiger partial charge in [0.1, 0.15) is 12.1 Å². The van der Waals surface area contributed by atoms with E-state index in [1.807, 2.05) is 30.9 Å². The molecule has 5 rings (SSSR count). The molecule has 37 heavy (non-hydrogen) atoms. The number of nitro groups is 1. The molecule has 4 heterocycles. The van der Waals surface area contributed by atoms with Crippen molar-refractivity contribution in [3.8, 4) is 11.6 Å². The van der Waals surface area contributed by atoms with Gasteiger partial charge in [-0.1, -0.05) is 37.2 Å². The Hall–Kier alpha value is -3.49. The third-order valence-electron chi connectivity index (χ3n) is 6.37. The number of aromatic nitrogens is 4. The SMILES string of the molecule is CC(C)c1noc(C2CCN(c3ncnc(Oc4ccccc4C4COS(=O)OC4)c3[N+](=O)[O-])CC2)n1. The monoisotopic (exact) mass is 530 g/mol. The van der Waals surface area contributed by atoms with E-state index in [1.165, 1.54) is 6.33 Å². The highest BCUT2D eigenvalue weighted by molar-refractivity contribution is 7.75. The van der Waals surface area contributed by atoms with E-state index >= 15 is 0 Å². The van der Waals surface area contributed by atoms with Crippen molar-refractivity contribution in [3.05, 3.63) is 58.0 Å². The minimum Gasteiger partial charge on any atom is -0.433 e. The van der Waals surface area contributed by atoms with E-state index in [9.17, 15) is 14.3 Å². The van der Waals surface area contributed by atoms with Crippen molar-refractivity contribution >= 4 is 22.9 Å². The lowest BCUT2D eigenvalue weighted by molar-refractivity contribution is -0.385. The molecule has 2 fully saturated rings. The average Bonchev–Trinajstić information content (AvgIpc) is 3.40. The van der Waals surface area contributed by atoms with Gasteiger partial charge >= 0.3 is 22.9 Å². The molecule has 1 aromatic carbocycles. The number of hydrogen-bond acceptors (Lipinski definition) is 12. The number of hydrogen-bond donors (Lipinski definition) is 0. The molecule has 3 aromatic rings. The van der Waals surface area contributed by atoms with Crippen LogP contribution in [0.3, 0.4) is 0 Å². The van der Waals surface area contributed by atoms with E-state index in [1.54, 1.807) is 12.1 Å². The largest absolute Gasteiger partial charge is 0.433 e. The Morgan fingerprint density at radius 1 is 1.14 bits per heavy atom. The molecule has 0 bridgehead atoms. The van der Waals surface area contributed by atoms with Gasteiger partial charge in [0.2, 0.25) is 11.7 Å².